The van der Waals surface area contributed by atoms with E-state index in [2.05, 4.69) is 0 Å². The van der Waals surface area contributed by atoms with Crippen LogP contribution in [0.3, 0.4) is 0 Å². The lowest BCUT2D eigenvalue weighted by atomic mass is 9.82. The van der Waals surface area contributed by atoms with Crippen LogP contribution in [0.5, 0.6) is 0 Å². The van der Waals surface area contributed by atoms with Crippen LogP contribution in [-0.4, -0.2) is 151 Å². The zero-order valence-corrected chi connectivity index (χ0v) is 36.1. The second-order valence-electron chi connectivity index (χ2n) is 17.0. The Morgan fingerprint density at radius 2 is 1.71 bits per heavy atom. The topological polar surface area (TPSA) is 206 Å². The first kappa shape index (κ1) is 49.6. The van der Waals surface area contributed by atoms with Crippen molar-refractivity contribution in [2.45, 2.75) is 179 Å². The standard InChI is InChI=1S/C42H69NO15/c1-23(2)19-32(47)56-40-27(6)53-34(22-42(40,8)50)57-37-26(5)54-41(36(49)35(37)43(9)10)58-38-29(17-18-44)20-24(3)30(46)16-14-12-13-15-25(4)52-33(48)21-31(39(38)51-11)55-28(7)45/h12-14,16,18,23-27,29-31,34-41,46,49-50H,15,17,19-22H2,1-11H3/t24-,25-,26?,27+,29+,30+,31-,34?,35-,36-,37-,38?,39+,40+,41?,42-/m1/s1. The van der Waals surface area contributed by atoms with Crippen molar-refractivity contribution in [1.82, 2.24) is 4.90 Å². The Labute approximate surface area is 343 Å². The number of esters is 3. The third kappa shape index (κ3) is 14.2. The molecule has 0 saturated carbocycles. The number of hydrogen-bond donors (Lipinski definition) is 3. The normalized spacial score (nSPS) is 39.6. The highest BCUT2D eigenvalue weighted by atomic mass is 16.7. The van der Waals surface area contributed by atoms with Crippen molar-refractivity contribution in [1.29, 1.82) is 0 Å². The fraction of sp³-hybridized carbons (Fsp3) is 0.810. The van der Waals surface area contributed by atoms with Gasteiger partial charge >= 0.3 is 17.9 Å². The van der Waals surface area contributed by atoms with Gasteiger partial charge < -0.3 is 62.9 Å². The number of allylic oxidation sites excluding steroid dienone is 2. The number of rotatable bonds is 12. The first-order valence-corrected chi connectivity index (χ1v) is 20.4. The molecule has 0 bridgehead atoms. The van der Waals surface area contributed by atoms with Gasteiger partial charge in [-0.1, -0.05) is 45.1 Å². The minimum absolute atomic E-state index is 0.0460. The van der Waals surface area contributed by atoms with Crippen molar-refractivity contribution in [3.8, 4) is 0 Å². The Hall–Kier alpha value is -2.80. The summed E-state index contributed by atoms with van der Waals surface area (Å²) in [5.74, 6) is -2.82. The molecule has 3 aliphatic heterocycles. The largest absolute Gasteiger partial charge is 0.462 e. The predicted octanol–water partition coefficient (Wildman–Crippen LogP) is 3.01. The SMILES string of the molecule is CO[C@@H]1C(OC2OC(C)[C@@H](OC3C[C@@](C)(O)[C@@H](OC(=O)CC(C)C)[C@H](C)O3)[C@H](N(C)C)[C@H]2O)[C@@H](CC=O)C[C@@H](C)[C@@H](O)C=CC=CC[C@@H](C)OC(=O)C[C@H]1OC(C)=O. The zero-order valence-electron chi connectivity index (χ0n) is 36.1. The Morgan fingerprint density at radius 3 is 2.29 bits per heavy atom. The number of aliphatic hydroxyl groups is 3. The number of methoxy groups -OCH3 is 1. The van der Waals surface area contributed by atoms with Crippen LogP contribution in [0.1, 0.15) is 93.9 Å². The van der Waals surface area contributed by atoms with Gasteiger partial charge in [-0.15, -0.1) is 0 Å². The van der Waals surface area contributed by atoms with Crippen LogP contribution < -0.4 is 0 Å². The number of aldehydes is 1. The van der Waals surface area contributed by atoms with Gasteiger partial charge in [0.2, 0.25) is 0 Å². The van der Waals surface area contributed by atoms with E-state index in [-0.39, 0.29) is 31.6 Å². The van der Waals surface area contributed by atoms with Crippen molar-refractivity contribution >= 4 is 24.2 Å². The molecule has 3 aliphatic rings. The number of ether oxygens (including phenoxy) is 8. The molecule has 2 saturated heterocycles. The van der Waals surface area contributed by atoms with E-state index in [9.17, 15) is 34.5 Å². The zero-order chi connectivity index (χ0) is 43.5. The molecule has 332 valence electrons. The van der Waals surface area contributed by atoms with Gasteiger partial charge in [0.1, 0.15) is 42.4 Å². The molecule has 58 heavy (non-hydrogen) atoms. The molecule has 3 heterocycles. The molecule has 0 aromatic rings. The molecule has 3 N–H and O–H groups in total. The quantitative estimate of drug-likeness (QED) is 0.147. The Morgan fingerprint density at radius 1 is 1.02 bits per heavy atom. The number of hydrogen-bond acceptors (Lipinski definition) is 16. The van der Waals surface area contributed by atoms with Crippen LogP contribution in [0.4, 0.5) is 0 Å². The van der Waals surface area contributed by atoms with Gasteiger partial charge in [0.05, 0.1) is 36.9 Å². The van der Waals surface area contributed by atoms with E-state index in [0.29, 0.717) is 12.7 Å². The number of carbonyl (C=O) groups excluding carboxylic acids is 4. The minimum Gasteiger partial charge on any atom is -0.462 e. The maximum Gasteiger partial charge on any atom is 0.309 e. The summed E-state index contributed by atoms with van der Waals surface area (Å²) < 4.78 is 48.6. The second kappa shape index (κ2) is 22.7. The van der Waals surface area contributed by atoms with Crippen LogP contribution in [-0.2, 0) is 57.1 Å². The van der Waals surface area contributed by atoms with Gasteiger partial charge in [-0.05, 0) is 66.0 Å². The summed E-state index contributed by atoms with van der Waals surface area (Å²) in [7, 11) is 4.86. The summed E-state index contributed by atoms with van der Waals surface area (Å²) in [4.78, 5) is 52.3. The molecule has 0 spiro atoms. The van der Waals surface area contributed by atoms with E-state index in [1.54, 1.807) is 71.0 Å². The van der Waals surface area contributed by atoms with Crippen LogP contribution in [0.2, 0.25) is 0 Å². The molecule has 4 unspecified atom stereocenters. The van der Waals surface area contributed by atoms with E-state index >= 15 is 0 Å². The molecule has 16 nitrogen and oxygen atoms in total. The van der Waals surface area contributed by atoms with Gasteiger partial charge in [-0.3, -0.25) is 14.4 Å². The lowest BCUT2D eigenvalue weighted by Crippen LogP contribution is -2.66. The van der Waals surface area contributed by atoms with E-state index in [1.165, 1.54) is 14.0 Å². The molecule has 2 fully saturated rings. The van der Waals surface area contributed by atoms with Gasteiger partial charge in [0, 0.05) is 39.7 Å². The van der Waals surface area contributed by atoms with Crippen molar-refractivity contribution in [3.63, 3.8) is 0 Å². The number of carbonyl (C=O) groups is 4. The molecule has 0 radical (unpaired) electrons. The van der Waals surface area contributed by atoms with Crippen LogP contribution in [0, 0.1) is 17.8 Å². The number of cyclic esters (lactones) is 1. The molecule has 0 aromatic heterocycles. The summed E-state index contributed by atoms with van der Waals surface area (Å²) in [5, 5.41) is 34.6. The van der Waals surface area contributed by atoms with E-state index in [1.807, 2.05) is 20.8 Å². The lowest BCUT2D eigenvalue weighted by molar-refractivity contribution is -0.344. The third-order valence-electron chi connectivity index (χ3n) is 10.9. The molecular formula is C42H69NO15. The molecule has 16 atom stereocenters. The van der Waals surface area contributed by atoms with Gasteiger partial charge in [-0.25, -0.2) is 0 Å². The van der Waals surface area contributed by atoms with Gasteiger partial charge in [0.15, 0.2) is 18.7 Å². The van der Waals surface area contributed by atoms with Crippen LogP contribution >= 0.6 is 0 Å². The highest BCUT2D eigenvalue weighted by molar-refractivity contribution is 5.72. The highest BCUT2D eigenvalue weighted by Crippen LogP contribution is 2.38. The first-order valence-electron chi connectivity index (χ1n) is 20.4. The second-order valence-corrected chi connectivity index (χ2v) is 17.0. The molecular weight excluding hydrogens is 758 g/mol. The van der Waals surface area contributed by atoms with E-state index in [0.717, 1.165) is 0 Å². The number of likely N-dealkylation sites (N-methyl/N-ethyl adjacent to an activating group) is 1. The van der Waals surface area contributed by atoms with Gasteiger partial charge in [-0.2, -0.15) is 0 Å². The molecule has 0 aliphatic carbocycles. The molecule has 0 amide bonds. The Kier molecular flexibility index (Phi) is 19.4. The minimum atomic E-state index is -1.50. The summed E-state index contributed by atoms with van der Waals surface area (Å²) in [5.41, 5.74) is -1.50. The predicted molar refractivity (Wildman–Crippen MR) is 210 cm³/mol. The average Bonchev–Trinajstić information content (AvgIpc) is 3.09. The summed E-state index contributed by atoms with van der Waals surface area (Å²) in [6, 6.07) is -0.782. The number of nitrogens with zero attached hydrogens (tertiary/aromatic N) is 1. The van der Waals surface area contributed by atoms with Crippen LogP contribution in [0.25, 0.3) is 0 Å². The number of aliphatic hydroxyl groups excluding tert-OH is 2. The summed E-state index contributed by atoms with van der Waals surface area (Å²) >= 11 is 0. The maximum atomic E-state index is 13.2. The van der Waals surface area contributed by atoms with Crippen molar-refractivity contribution in [3.05, 3.63) is 24.3 Å². The smallest absolute Gasteiger partial charge is 0.309 e. The lowest BCUT2D eigenvalue weighted by Gasteiger charge is -2.50. The third-order valence-corrected chi connectivity index (χ3v) is 10.9. The Bertz CT molecular complexity index is 1390. The fourth-order valence-corrected chi connectivity index (χ4v) is 8.08. The molecule has 3 rings (SSSR count). The Balaban J connectivity index is 1.98. The highest BCUT2D eigenvalue weighted by Gasteiger charge is 2.53. The van der Waals surface area contributed by atoms with E-state index < -0.39 is 121 Å². The summed E-state index contributed by atoms with van der Waals surface area (Å²) in [6.07, 6.45) is -4.11. The average molecular weight is 828 g/mol. The van der Waals surface area contributed by atoms with Crippen molar-refractivity contribution < 1.29 is 72.4 Å². The summed E-state index contributed by atoms with van der Waals surface area (Å²) in [6.45, 7) is 13.5. The van der Waals surface area contributed by atoms with Crippen molar-refractivity contribution in [2.75, 3.05) is 21.2 Å². The van der Waals surface area contributed by atoms with Crippen LogP contribution in [0.15, 0.2) is 24.3 Å². The van der Waals surface area contributed by atoms with Gasteiger partial charge in [0.25, 0.3) is 0 Å². The van der Waals surface area contributed by atoms with Crippen molar-refractivity contribution in [2.24, 2.45) is 17.8 Å². The fourth-order valence-electron chi connectivity index (χ4n) is 8.08. The first-order chi connectivity index (χ1) is 27.2. The molecule has 16 heteroatoms. The maximum absolute atomic E-state index is 13.2. The monoisotopic (exact) mass is 827 g/mol. The molecule has 0 aromatic carbocycles. The van der Waals surface area contributed by atoms with E-state index in [4.69, 9.17) is 37.9 Å².